The fourth-order valence-corrected chi connectivity index (χ4v) is 19.8. The molecule has 0 bridgehead atoms. The van der Waals surface area contributed by atoms with Crippen LogP contribution in [0.5, 0.6) is 0 Å². The van der Waals surface area contributed by atoms with Gasteiger partial charge in [-0.2, -0.15) is 0 Å². The molecule has 0 aliphatic heterocycles. The van der Waals surface area contributed by atoms with E-state index in [2.05, 4.69) is 31.9 Å². The van der Waals surface area contributed by atoms with E-state index in [-0.39, 0.29) is 32.3 Å². The van der Waals surface area contributed by atoms with Crippen LogP contribution in [0.25, 0.3) is 0 Å². The first-order valence-corrected chi connectivity index (χ1v) is 12.8. The maximum absolute atomic E-state index is 13.2. The summed E-state index contributed by atoms with van der Waals surface area (Å²) < 4.78 is -0.345. The summed E-state index contributed by atoms with van der Waals surface area (Å²) in [6.45, 7) is 0. The van der Waals surface area contributed by atoms with E-state index in [1.54, 1.807) is 0 Å². The van der Waals surface area contributed by atoms with Gasteiger partial charge >= 0.3 is 11.9 Å². The predicted octanol–water partition coefficient (Wildman–Crippen LogP) is 2.40. The number of alkyl halides is 2. The third kappa shape index (κ3) is 0.652. The Morgan fingerprint density at radius 2 is 0.929 bits per heavy atom. The smallest absolute Gasteiger partial charge is 0.310 e. The van der Waals surface area contributed by atoms with Crippen LogP contribution in [0.15, 0.2) is 0 Å². The number of halogens is 2. The van der Waals surface area contributed by atoms with Gasteiger partial charge in [0.05, 0.1) is 10.8 Å². The summed E-state index contributed by atoms with van der Waals surface area (Å²) in [5.74, 6) is 5.82. The second-order valence-corrected chi connectivity index (χ2v) is 15.4. The van der Waals surface area contributed by atoms with E-state index >= 15 is 0 Å². The fraction of sp³-hybridized carbons (Fsp3) is 0.909. The molecule has 6 heteroatoms. The zero-order valence-electron chi connectivity index (χ0n) is 14.7. The molecule has 0 spiro atoms. The Morgan fingerprint density at radius 1 is 0.536 bits per heavy atom. The molecule has 144 valence electrons. The normalized spacial score (nSPS) is 90.9. The van der Waals surface area contributed by atoms with Crippen molar-refractivity contribution in [3.05, 3.63) is 0 Å². The van der Waals surface area contributed by atoms with Crippen molar-refractivity contribution in [3.63, 3.8) is 0 Å². The third-order valence-corrected chi connectivity index (χ3v) is 18.3. The Kier molecular flexibility index (Phi) is 1.49. The first-order chi connectivity index (χ1) is 13.4. The van der Waals surface area contributed by atoms with Crippen molar-refractivity contribution in [2.75, 3.05) is 0 Å². The predicted molar refractivity (Wildman–Crippen MR) is 99.3 cm³/mol. The Labute approximate surface area is 177 Å². The van der Waals surface area contributed by atoms with Crippen LogP contribution in [0.3, 0.4) is 0 Å². The second kappa shape index (κ2) is 2.97. The molecule has 28 heavy (non-hydrogen) atoms. The van der Waals surface area contributed by atoms with Crippen molar-refractivity contribution < 1.29 is 19.8 Å². The number of rotatable bonds is 2. The zero-order chi connectivity index (χ0) is 18.4. The van der Waals surface area contributed by atoms with Crippen molar-refractivity contribution in [2.45, 2.75) is 8.65 Å². The van der Waals surface area contributed by atoms with Gasteiger partial charge in [-0.1, -0.05) is 31.9 Å². The topological polar surface area (TPSA) is 74.6 Å². The quantitative estimate of drug-likeness (QED) is 0.565. The minimum atomic E-state index is -0.544. The summed E-state index contributed by atoms with van der Waals surface area (Å²) in [6, 6.07) is 0. The number of carboxylic acids is 2. The molecule has 0 amide bonds. The number of carboxylic acid groups (broad SMARTS) is 2. The summed E-state index contributed by atoms with van der Waals surface area (Å²) in [4.78, 5) is 26.4. The van der Waals surface area contributed by atoms with E-state index in [1.165, 1.54) is 0 Å². The van der Waals surface area contributed by atoms with Crippen molar-refractivity contribution >= 4 is 43.8 Å². The lowest BCUT2D eigenvalue weighted by Crippen LogP contribution is -2.50. The third-order valence-electron chi connectivity index (χ3n) is 14.4. The van der Waals surface area contributed by atoms with Crippen molar-refractivity contribution in [1.82, 2.24) is 0 Å². The minimum absolute atomic E-state index is 0.160. The second-order valence-electron chi connectivity index (χ2n) is 12.7. The highest BCUT2D eigenvalue weighted by atomic mass is 79.9. The van der Waals surface area contributed by atoms with Gasteiger partial charge in [0, 0.05) is 8.65 Å². The molecular formula is C22H18Br2O4. The number of aliphatic carboxylic acids is 2. The molecule has 12 rings (SSSR count). The Morgan fingerprint density at radius 3 is 1.36 bits per heavy atom. The molecule has 12 aliphatic carbocycles. The first kappa shape index (κ1) is 14.1. The summed E-state index contributed by atoms with van der Waals surface area (Å²) >= 11 is 8.69. The molecule has 12 aliphatic rings. The van der Waals surface area contributed by atoms with Crippen molar-refractivity contribution in [1.29, 1.82) is 0 Å². The fourth-order valence-electron chi connectivity index (χ4n) is 16.2. The van der Waals surface area contributed by atoms with Crippen LogP contribution in [-0.4, -0.2) is 30.8 Å². The molecule has 0 aromatic carbocycles. The lowest BCUT2D eigenvalue weighted by molar-refractivity contribution is -0.159. The molecule has 0 aromatic rings. The highest BCUT2D eigenvalue weighted by Crippen LogP contribution is 3.09. The maximum Gasteiger partial charge on any atom is 0.310 e. The van der Waals surface area contributed by atoms with Crippen molar-refractivity contribution in [3.8, 4) is 0 Å². The van der Waals surface area contributed by atoms with Crippen LogP contribution in [0.4, 0.5) is 0 Å². The lowest BCUT2D eigenvalue weighted by Gasteiger charge is -2.42. The Hall–Kier alpha value is -0.100. The molecule has 0 heterocycles. The average Bonchev–Trinajstić information content (AvgIpc) is 3.35. The molecule has 0 saturated heterocycles. The molecule has 12 saturated carbocycles. The van der Waals surface area contributed by atoms with E-state index < -0.39 is 22.8 Å². The van der Waals surface area contributed by atoms with E-state index in [4.69, 9.17) is 0 Å². The van der Waals surface area contributed by atoms with Crippen LogP contribution in [0, 0.1) is 106 Å². The Balaban J connectivity index is 1.43. The van der Waals surface area contributed by atoms with E-state index in [9.17, 15) is 19.8 Å². The number of hydrogen-bond acceptors (Lipinski definition) is 2. The molecule has 16 unspecified atom stereocenters. The zero-order valence-corrected chi connectivity index (χ0v) is 17.9. The van der Waals surface area contributed by atoms with Crippen molar-refractivity contribution in [2.24, 2.45) is 106 Å². The van der Waals surface area contributed by atoms with Gasteiger partial charge in [0.1, 0.15) is 0 Å². The van der Waals surface area contributed by atoms with Gasteiger partial charge in [-0.15, -0.1) is 0 Å². The largest absolute Gasteiger partial charge is 0.481 e. The van der Waals surface area contributed by atoms with Crippen LogP contribution in [0.2, 0.25) is 0 Å². The van der Waals surface area contributed by atoms with E-state index in [0.717, 1.165) is 0 Å². The molecule has 4 nitrogen and oxygen atoms in total. The van der Waals surface area contributed by atoms with Gasteiger partial charge in [0.2, 0.25) is 0 Å². The van der Waals surface area contributed by atoms with Crippen LogP contribution in [-0.2, 0) is 9.59 Å². The molecule has 0 radical (unpaired) electrons. The molecule has 2 N–H and O–H groups in total. The molecule has 0 aromatic heterocycles. The molecular weight excluding hydrogens is 488 g/mol. The number of hydrogen-bond donors (Lipinski definition) is 2. The molecule has 12 fully saturated rings. The van der Waals surface area contributed by atoms with E-state index in [0.29, 0.717) is 71.0 Å². The average molecular weight is 506 g/mol. The Bertz CT molecular complexity index is 1010. The summed E-state index contributed by atoms with van der Waals surface area (Å²) in [6.07, 6.45) is 0. The SMILES string of the molecule is O=C(O)C12C3C4C5C6C7C4C1C1C7C4C6C6(C(=O)O)C5C3C3C2C1(Br)C4(Br)C36. The van der Waals surface area contributed by atoms with Gasteiger partial charge in [0.15, 0.2) is 0 Å². The van der Waals surface area contributed by atoms with Gasteiger partial charge in [-0.05, 0) is 94.7 Å². The minimum Gasteiger partial charge on any atom is -0.481 e. The molecule has 16 atom stereocenters. The summed E-state index contributed by atoms with van der Waals surface area (Å²) in [7, 11) is 0. The van der Waals surface area contributed by atoms with Gasteiger partial charge in [-0.25, -0.2) is 0 Å². The first-order valence-electron chi connectivity index (χ1n) is 11.2. The summed E-state index contributed by atoms with van der Waals surface area (Å²) in [5, 5.41) is 21.7. The monoisotopic (exact) mass is 504 g/mol. The highest BCUT2D eigenvalue weighted by molar-refractivity contribution is 9.13. The number of carbonyl (C=O) groups is 2. The van der Waals surface area contributed by atoms with Crippen LogP contribution in [0.1, 0.15) is 0 Å². The van der Waals surface area contributed by atoms with Crippen LogP contribution >= 0.6 is 31.9 Å². The lowest BCUT2D eigenvalue weighted by atomic mass is 9.63. The van der Waals surface area contributed by atoms with Gasteiger partial charge in [0.25, 0.3) is 0 Å². The van der Waals surface area contributed by atoms with Gasteiger partial charge in [-0.3, -0.25) is 9.59 Å². The van der Waals surface area contributed by atoms with Crippen LogP contribution < -0.4 is 0 Å². The maximum atomic E-state index is 13.2. The van der Waals surface area contributed by atoms with E-state index in [1.807, 2.05) is 0 Å². The van der Waals surface area contributed by atoms with Gasteiger partial charge < -0.3 is 10.2 Å². The highest BCUT2D eigenvalue weighted by Gasteiger charge is 3.11. The summed E-state index contributed by atoms with van der Waals surface area (Å²) in [5.41, 5.74) is -1.09. The standard InChI is InChI=1S/C22H18Br2O4/c23-21-13-6-1-2-4-5-3(1)12-14(6)22(21,24)16-8-7(10(5)20(12,16)18(27)28)9(4)19(11(2)13,15(8)21)17(25)26/h1-16H,(H,25,26)(H,27,28).